The zero-order valence-electron chi connectivity index (χ0n) is 15.2. The molecule has 0 spiro atoms. The Morgan fingerprint density at radius 3 is 2.56 bits per heavy atom. The van der Waals surface area contributed by atoms with E-state index in [9.17, 15) is 4.79 Å². The monoisotopic (exact) mass is 377 g/mol. The Morgan fingerprint density at radius 2 is 1.85 bits per heavy atom. The highest BCUT2D eigenvalue weighted by Crippen LogP contribution is 2.28. The van der Waals surface area contributed by atoms with Gasteiger partial charge in [0.1, 0.15) is 0 Å². The minimum Gasteiger partial charge on any atom is -0.398 e. The Morgan fingerprint density at radius 1 is 1.07 bits per heavy atom. The van der Waals surface area contributed by atoms with Gasteiger partial charge in [0.2, 0.25) is 0 Å². The summed E-state index contributed by atoms with van der Waals surface area (Å²) in [6.45, 7) is 4.00. The van der Waals surface area contributed by atoms with E-state index in [1.54, 1.807) is 11.3 Å². The van der Waals surface area contributed by atoms with E-state index in [4.69, 9.17) is 5.73 Å². The van der Waals surface area contributed by atoms with Gasteiger partial charge in [-0.15, -0.1) is 11.3 Å². The number of anilines is 2. The zero-order chi connectivity index (χ0) is 18.6. The minimum absolute atomic E-state index is 0.0943. The minimum atomic E-state index is 0.0943. The number of piperazine rings is 1. The van der Waals surface area contributed by atoms with E-state index in [0.29, 0.717) is 12.1 Å². The third kappa shape index (κ3) is 4.04. The molecule has 4 nitrogen and oxygen atoms in total. The molecule has 1 saturated heterocycles. The van der Waals surface area contributed by atoms with Gasteiger partial charge in [0.15, 0.2) is 5.78 Å². The van der Waals surface area contributed by atoms with Crippen LogP contribution in [0.2, 0.25) is 0 Å². The quantitative estimate of drug-likeness (QED) is 0.524. The SMILES string of the molecule is Nc1ccc(-c2cccs2)cc1CC(=O)c1ccc(N2CCNCC2)cc1. The van der Waals surface area contributed by atoms with Crippen LogP contribution in [0.1, 0.15) is 15.9 Å². The summed E-state index contributed by atoms with van der Waals surface area (Å²) in [4.78, 5) is 16.3. The zero-order valence-corrected chi connectivity index (χ0v) is 16.0. The van der Waals surface area contributed by atoms with Crippen molar-refractivity contribution in [3.63, 3.8) is 0 Å². The van der Waals surface area contributed by atoms with Gasteiger partial charge in [-0.25, -0.2) is 0 Å². The molecule has 0 atom stereocenters. The van der Waals surface area contributed by atoms with E-state index < -0.39 is 0 Å². The summed E-state index contributed by atoms with van der Waals surface area (Å²) < 4.78 is 0. The Bertz CT molecular complexity index is 913. The molecular weight excluding hydrogens is 354 g/mol. The standard InChI is InChI=1S/C22H23N3OS/c23-20-8-5-17(22-2-1-13-27-22)14-18(20)15-21(26)16-3-6-19(7-4-16)25-11-9-24-10-12-25/h1-8,13-14,24H,9-12,15,23H2. The number of nitrogens with two attached hydrogens (primary N) is 1. The van der Waals surface area contributed by atoms with Crippen molar-refractivity contribution in [3.8, 4) is 10.4 Å². The molecule has 0 saturated carbocycles. The Kier molecular flexibility index (Phi) is 5.23. The molecule has 2 heterocycles. The fourth-order valence-electron chi connectivity index (χ4n) is 3.41. The van der Waals surface area contributed by atoms with E-state index in [0.717, 1.165) is 42.9 Å². The molecule has 1 aliphatic rings. The highest BCUT2D eigenvalue weighted by molar-refractivity contribution is 7.13. The first-order valence-corrected chi connectivity index (χ1v) is 10.1. The Balaban J connectivity index is 1.49. The van der Waals surface area contributed by atoms with Crippen LogP contribution in [0.25, 0.3) is 10.4 Å². The van der Waals surface area contributed by atoms with Crippen LogP contribution in [0.5, 0.6) is 0 Å². The molecular formula is C22H23N3OS. The van der Waals surface area contributed by atoms with Gasteiger partial charge in [0, 0.05) is 54.4 Å². The van der Waals surface area contributed by atoms with Crippen molar-refractivity contribution in [1.29, 1.82) is 0 Å². The van der Waals surface area contributed by atoms with Crippen LogP contribution in [0.4, 0.5) is 11.4 Å². The number of nitrogens with zero attached hydrogens (tertiary/aromatic N) is 1. The van der Waals surface area contributed by atoms with Gasteiger partial charge >= 0.3 is 0 Å². The normalized spacial score (nSPS) is 14.3. The molecule has 0 amide bonds. The lowest BCUT2D eigenvalue weighted by Gasteiger charge is -2.29. The van der Waals surface area contributed by atoms with Crippen LogP contribution in [-0.2, 0) is 6.42 Å². The summed E-state index contributed by atoms with van der Waals surface area (Å²) in [6, 6.07) is 18.0. The molecule has 0 unspecified atom stereocenters. The molecule has 0 bridgehead atoms. The molecule has 138 valence electrons. The average molecular weight is 378 g/mol. The fourth-order valence-corrected chi connectivity index (χ4v) is 4.14. The predicted molar refractivity (Wildman–Crippen MR) is 114 cm³/mol. The van der Waals surface area contributed by atoms with Gasteiger partial charge in [-0.3, -0.25) is 4.79 Å². The van der Waals surface area contributed by atoms with E-state index in [1.165, 1.54) is 10.6 Å². The van der Waals surface area contributed by atoms with Crippen molar-refractivity contribution in [1.82, 2.24) is 5.32 Å². The highest BCUT2D eigenvalue weighted by atomic mass is 32.1. The first kappa shape index (κ1) is 17.8. The highest BCUT2D eigenvalue weighted by Gasteiger charge is 2.13. The fraction of sp³-hybridized carbons (Fsp3) is 0.227. The number of nitrogen functional groups attached to an aromatic ring is 1. The van der Waals surface area contributed by atoms with Gasteiger partial charge in [-0.2, -0.15) is 0 Å². The number of thiophene rings is 1. The molecule has 1 aliphatic heterocycles. The van der Waals surface area contributed by atoms with E-state index >= 15 is 0 Å². The van der Waals surface area contributed by atoms with Crippen LogP contribution in [0, 0.1) is 0 Å². The molecule has 5 heteroatoms. The maximum Gasteiger partial charge on any atom is 0.167 e. The summed E-state index contributed by atoms with van der Waals surface area (Å²) in [5.74, 6) is 0.0943. The molecule has 0 radical (unpaired) electrons. The van der Waals surface area contributed by atoms with E-state index in [2.05, 4.69) is 21.7 Å². The summed E-state index contributed by atoms with van der Waals surface area (Å²) in [7, 11) is 0. The second kappa shape index (κ2) is 7.94. The summed E-state index contributed by atoms with van der Waals surface area (Å²) in [6.07, 6.45) is 0.317. The van der Waals surface area contributed by atoms with Crippen LogP contribution in [-0.4, -0.2) is 32.0 Å². The largest absolute Gasteiger partial charge is 0.398 e. The summed E-state index contributed by atoms with van der Waals surface area (Å²) >= 11 is 1.69. The number of carbonyl (C=O) groups excluding carboxylic acids is 1. The lowest BCUT2D eigenvalue weighted by Crippen LogP contribution is -2.43. The molecule has 3 aromatic rings. The number of Topliss-reactive ketones (excluding diaryl/α,β-unsaturated/α-hetero) is 1. The maximum absolute atomic E-state index is 12.8. The van der Waals surface area contributed by atoms with Gasteiger partial charge in [-0.05, 0) is 59.0 Å². The third-order valence-electron chi connectivity index (χ3n) is 4.97. The number of nitrogens with one attached hydrogen (secondary N) is 1. The van der Waals surface area contributed by atoms with Crippen molar-refractivity contribution >= 4 is 28.5 Å². The average Bonchev–Trinajstić information content (AvgIpc) is 3.25. The molecule has 4 rings (SSSR count). The van der Waals surface area contributed by atoms with Crippen molar-refractivity contribution in [2.24, 2.45) is 0 Å². The molecule has 0 aliphatic carbocycles. The lowest BCUT2D eigenvalue weighted by molar-refractivity contribution is 0.0993. The van der Waals surface area contributed by atoms with Crippen molar-refractivity contribution < 1.29 is 4.79 Å². The maximum atomic E-state index is 12.8. The first-order valence-electron chi connectivity index (χ1n) is 9.22. The Hall–Kier alpha value is -2.63. The molecule has 3 N–H and O–H groups in total. The van der Waals surface area contributed by atoms with Crippen molar-refractivity contribution in [2.45, 2.75) is 6.42 Å². The smallest absolute Gasteiger partial charge is 0.167 e. The number of hydrogen-bond donors (Lipinski definition) is 2. The number of rotatable bonds is 5. The second-order valence-corrected chi connectivity index (χ2v) is 7.72. The van der Waals surface area contributed by atoms with Gasteiger partial charge in [-0.1, -0.05) is 12.1 Å². The second-order valence-electron chi connectivity index (χ2n) is 6.77. The number of ketones is 1. The number of benzene rings is 2. The third-order valence-corrected chi connectivity index (χ3v) is 5.89. The van der Waals surface area contributed by atoms with Crippen LogP contribution in [0.15, 0.2) is 60.0 Å². The molecule has 27 heavy (non-hydrogen) atoms. The summed E-state index contributed by atoms with van der Waals surface area (Å²) in [5, 5.41) is 5.41. The number of carbonyl (C=O) groups is 1. The summed E-state index contributed by atoms with van der Waals surface area (Å²) in [5.41, 5.74) is 10.7. The molecule has 1 aromatic heterocycles. The Labute approximate surface area is 163 Å². The van der Waals surface area contributed by atoms with E-state index in [1.807, 2.05) is 48.5 Å². The molecule has 2 aromatic carbocycles. The lowest BCUT2D eigenvalue weighted by atomic mass is 9.99. The van der Waals surface area contributed by atoms with Gasteiger partial charge in [0.05, 0.1) is 0 Å². The van der Waals surface area contributed by atoms with Crippen LogP contribution in [0.3, 0.4) is 0 Å². The van der Waals surface area contributed by atoms with Crippen molar-refractivity contribution in [3.05, 3.63) is 71.1 Å². The van der Waals surface area contributed by atoms with Crippen LogP contribution < -0.4 is 16.0 Å². The van der Waals surface area contributed by atoms with Gasteiger partial charge in [0.25, 0.3) is 0 Å². The topological polar surface area (TPSA) is 58.4 Å². The van der Waals surface area contributed by atoms with Crippen LogP contribution >= 0.6 is 11.3 Å². The predicted octanol–water partition coefficient (Wildman–Crippen LogP) is 3.83. The van der Waals surface area contributed by atoms with Crippen molar-refractivity contribution in [2.75, 3.05) is 36.8 Å². The first-order chi connectivity index (χ1) is 13.2. The molecule has 1 fully saturated rings. The number of hydrogen-bond acceptors (Lipinski definition) is 5. The van der Waals surface area contributed by atoms with Gasteiger partial charge < -0.3 is 16.0 Å². The van der Waals surface area contributed by atoms with E-state index in [-0.39, 0.29) is 5.78 Å².